The molecule has 3 nitrogen and oxygen atoms in total. The van der Waals surface area contributed by atoms with Crippen LogP contribution in [-0.2, 0) is 13.0 Å². The summed E-state index contributed by atoms with van der Waals surface area (Å²) in [6, 6.07) is 11.2. The Labute approximate surface area is 122 Å². The Bertz CT molecular complexity index is 835. The number of imidazole rings is 1. The number of rotatable bonds is 2. The minimum Gasteiger partial charge on any atom is -0.384 e. The molecule has 0 spiro atoms. The molecule has 0 amide bonds. The molecular formula is C17H16FN3. The molecule has 0 radical (unpaired) electrons. The third kappa shape index (κ3) is 1.90. The van der Waals surface area contributed by atoms with Crippen LogP contribution < -0.4 is 5.32 Å². The van der Waals surface area contributed by atoms with Gasteiger partial charge >= 0.3 is 0 Å². The highest BCUT2D eigenvalue weighted by molar-refractivity contribution is 5.81. The van der Waals surface area contributed by atoms with Gasteiger partial charge in [0.15, 0.2) is 0 Å². The van der Waals surface area contributed by atoms with E-state index in [9.17, 15) is 4.39 Å². The summed E-state index contributed by atoms with van der Waals surface area (Å²) in [5, 5.41) is 3.39. The second-order valence-electron chi connectivity index (χ2n) is 5.36. The summed E-state index contributed by atoms with van der Waals surface area (Å²) in [7, 11) is 0. The quantitative estimate of drug-likeness (QED) is 0.773. The molecule has 0 bridgehead atoms. The topological polar surface area (TPSA) is 29.9 Å². The van der Waals surface area contributed by atoms with Crippen LogP contribution in [0.25, 0.3) is 22.4 Å². The Kier molecular flexibility index (Phi) is 2.70. The third-order valence-corrected chi connectivity index (χ3v) is 4.10. The smallest absolute Gasteiger partial charge is 0.141 e. The Morgan fingerprint density at radius 1 is 1.24 bits per heavy atom. The van der Waals surface area contributed by atoms with Gasteiger partial charge in [-0.3, -0.25) is 0 Å². The number of aromatic nitrogens is 2. The van der Waals surface area contributed by atoms with Crippen LogP contribution in [0.1, 0.15) is 12.5 Å². The molecule has 0 saturated heterocycles. The first-order valence-corrected chi connectivity index (χ1v) is 7.29. The van der Waals surface area contributed by atoms with Crippen LogP contribution in [-0.4, -0.2) is 16.1 Å². The van der Waals surface area contributed by atoms with E-state index in [1.165, 1.54) is 17.3 Å². The lowest BCUT2D eigenvalue weighted by atomic mass is 10.1. The Hall–Kier alpha value is -2.36. The Balaban J connectivity index is 1.93. The van der Waals surface area contributed by atoms with Crippen LogP contribution >= 0.6 is 0 Å². The number of nitrogens with one attached hydrogen (secondary N) is 1. The molecule has 3 aromatic rings. The zero-order valence-corrected chi connectivity index (χ0v) is 11.9. The van der Waals surface area contributed by atoms with Crippen molar-refractivity contribution in [2.75, 3.05) is 11.9 Å². The summed E-state index contributed by atoms with van der Waals surface area (Å²) < 4.78 is 15.6. The third-order valence-electron chi connectivity index (χ3n) is 4.10. The normalized spacial score (nSPS) is 13.4. The van der Waals surface area contributed by atoms with E-state index in [-0.39, 0.29) is 5.82 Å². The summed E-state index contributed by atoms with van der Waals surface area (Å²) in [5.41, 5.74) is 5.29. The Morgan fingerprint density at radius 3 is 3.00 bits per heavy atom. The molecule has 4 heteroatoms. The summed E-state index contributed by atoms with van der Waals surface area (Å²) in [6.07, 6.45) is 1.07. The van der Waals surface area contributed by atoms with E-state index in [1.54, 1.807) is 12.1 Å². The van der Waals surface area contributed by atoms with Crippen molar-refractivity contribution >= 4 is 16.7 Å². The second-order valence-corrected chi connectivity index (χ2v) is 5.36. The molecule has 21 heavy (non-hydrogen) atoms. The van der Waals surface area contributed by atoms with Gasteiger partial charge in [-0.1, -0.05) is 12.1 Å². The lowest BCUT2D eigenvalue weighted by Crippen LogP contribution is -1.98. The molecule has 4 rings (SSSR count). The molecule has 0 fully saturated rings. The second kappa shape index (κ2) is 4.58. The van der Waals surface area contributed by atoms with Crippen LogP contribution in [0.3, 0.4) is 0 Å². The average molecular weight is 281 g/mol. The molecule has 2 heterocycles. The van der Waals surface area contributed by atoms with E-state index in [0.717, 1.165) is 41.9 Å². The number of hydrogen-bond acceptors (Lipinski definition) is 2. The van der Waals surface area contributed by atoms with Crippen LogP contribution in [0.4, 0.5) is 10.1 Å². The minimum absolute atomic E-state index is 0.223. The zero-order valence-electron chi connectivity index (χ0n) is 11.9. The molecule has 0 saturated carbocycles. The molecule has 0 unspecified atom stereocenters. The number of fused-ring (bicyclic) bond motifs is 2. The lowest BCUT2D eigenvalue weighted by Gasteiger charge is -2.08. The Morgan fingerprint density at radius 2 is 2.14 bits per heavy atom. The molecule has 0 aliphatic carbocycles. The van der Waals surface area contributed by atoms with Gasteiger partial charge in [0.1, 0.15) is 11.6 Å². The molecule has 1 N–H and O–H groups in total. The largest absolute Gasteiger partial charge is 0.384 e. The summed E-state index contributed by atoms with van der Waals surface area (Å²) >= 11 is 0. The van der Waals surface area contributed by atoms with Crippen molar-refractivity contribution in [3.63, 3.8) is 0 Å². The van der Waals surface area contributed by atoms with Gasteiger partial charge in [-0.2, -0.15) is 0 Å². The van der Waals surface area contributed by atoms with Gasteiger partial charge in [-0.05, 0) is 43.2 Å². The predicted molar refractivity (Wildman–Crippen MR) is 83.0 cm³/mol. The van der Waals surface area contributed by atoms with Gasteiger partial charge in [0, 0.05) is 24.3 Å². The fourth-order valence-corrected chi connectivity index (χ4v) is 3.07. The molecule has 1 aliphatic heterocycles. The fraction of sp³-hybridized carbons (Fsp3) is 0.235. The van der Waals surface area contributed by atoms with Crippen molar-refractivity contribution in [1.29, 1.82) is 0 Å². The summed E-state index contributed by atoms with van der Waals surface area (Å²) in [5.74, 6) is 0.675. The maximum atomic E-state index is 13.5. The number of nitrogens with zero attached hydrogens (tertiary/aromatic N) is 2. The zero-order chi connectivity index (χ0) is 14.4. The molecular weight excluding hydrogens is 265 g/mol. The van der Waals surface area contributed by atoms with Crippen LogP contribution in [0, 0.1) is 5.82 Å². The summed E-state index contributed by atoms with van der Waals surface area (Å²) in [4.78, 5) is 4.69. The van der Waals surface area contributed by atoms with Gasteiger partial charge in [0.05, 0.1) is 11.0 Å². The van der Waals surface area contributed by atoms with Crippen molar-refractivity contribution in [1.82, 2.24) is 9.55 Å². The van der Waals surface area contributed by atoms with Gasteiger partial charge in [0.2, 0.25) is 0 Å². The predicted octanol–water partition coefficient (Wildman–Crippen LogP) is 3.83. The summed E-state index contributed by atoms with van der Waals surface area (Å²) in [6.45, 7) is 3.81. The van der Waals surface area contributed by atoms with E-state index < -0.39 is 0 Å². The number of benzene rings is 2. The number of anilines is 1. The van der Waals surface area contributed by atoms with Crippen molar-refractivity contribution in [3.8, 4) is 11.4 Å². The highest BCUT2D eigenvalue weighted by Crippen LogP contribution is 2.30. The maximum Gasteiger partial charge on any atom is 0.141 e. The lowest BCUT2D eigenvalue weighted by molar-refractivity contribution is 0.628. The molecule has 1 aliphatic rings. The highest BCUT2D eigenvalue weighted by atomic mass is 19.1. The molecule has 106 valence electrons. The minimum atomic E-state index is -0.223. The molecule has 1 aromatic heterocycles. The van der Waals surface area contributed by atoms with E-state index in [0.29, 0.717) is 0 Å². The van der Waals surface area contributed by atoms with E-state index >= 15 is 0 Å². The van der Waals surface area contributed by atoms with Crippen molar-refractivity contribution in [2.45, 2.75) is 19.9 Å². The van der Waals surface area contributed by atoms with Crippen molar-refractivity contribution in [2.24, 2.45) is 0 Å². The van der Waals surface area contributed by atoms with Crippen LogP contribution in [0.15, 0.2) is 36.4 Å². The number of hydrogen-bond donors (Lipinski definition) is 1. The highest BCUT2D eigenvalue weighted by Gasteiger charge is 2.15. The maximum absolute atomic E-state index is 13.5. The first kappa shape index (κ1) is 12.4. The first-order valence-electron chi connectivity index (χ1n) is 7.29. The monoisotopic (exact) mass is 281 g/mol. The van der Waals surface area contributed by atoms with Crippen molar-refractivity contribution < 1.29 is 4.39 Å². The number of halogens is 1. The molecule has 0 atom stereocenters. The number of aryl methyl sites for hydroxylation is 1. The van der Waals surface area contributed by atoms with Gasteiger partial charge in [-0.15, -0.1) is 0 Å². The SMILES string of the molecule is CCn1c(-c2ccc3c(c2)NCC3)nc2ccc(F)cc21. The van der Waals surface area contributed by atoms with Crippen molar-refractivity contribution in [3.05, 3.63) is 47.8 Å². The van der Waals surface area contributed by atoms with Gasteiger partial charge in [0.25, 0.3) is 0 Å². The molecule has 2 aromatic carbocycles. The van der Waals surface area contributed by atoms with Crippen LogP contribution in [0.5, 0.6) is 0 Å². The van der Waals surface area contributed by atoms with Crippen LogP contribution in [0.2, 0.25) is 0 Å². The van der Waals surface area contributed by atoms with E-state index in [4.69, 9.17) is 0 Å². The standard InChI is InChI=1S/C17H16FN3/c1-2-21-16-10-13(18)5-6-14(16)20-17(21)12-4-3-11-7-8-19-15(11)9-12/h3-6,9-10,19H,2,7-8H2,1H3. The first-order chi connectivity index (χ1) is 10.3. The van der Waals surface area contributed by atoms with E-state index in [1.807, 2.05) is 0 Å². The average Bonchev–Trinajstić information content (AvgIpc) is 3.09. The fourth-order valence-electron chi connectivity index (χ4n) is 3.07. The van der Waals surface area contributed by atoms with E-state index in [2.05, 4.69) is 40.0 Å². The van der Waals surface area contributed by atoms with Gasteiger partial charge < -0.3 is 9.88 Å². The van der Waals surface area contributed by atoms with Gasteiger partial charge in [-0.25, -0.2) is 9.37 Å².